The van der Waals surface area contributed by atoms with Gasteiger partial charge < -0.3 is 20.1 Å². The van der Waals surface area contributed by atoms with Crippen LogP contribution in [0.1, 0.15) is 37.6 Å². The number of nitrogens with two attached hydrogens (primary N) is 1. The molecule has 0 saturated carbocycles. The molecule has 0 aliphatic rings. The van der Waals surface area contributed by atoms with Gasteiger partial charge >= 0.3 is 0 Å². The number of carbonyl (C=O) groups excluding carboxylic acids is 1. The highest BCUT2D eigenvalue weighted by Gasteiger charge is 2.20. The lowest BCUT2D eigenvalue weighted by molar-refractivity contribution is 0.0748. The Morgan fingerprint density at radius 3 is 2.46 bits per heavy atom. The lowest BCUT2D eigenvalue weighted by Crippen LogP contribution is -2.39. The van der Waals surface area contributed by atoms with Gasteiger partial charge in [0.2, 0.25) is 0 Å². The fourth-order valence-corrected chi connectivity index (χ4v) is 2.21. The van der Waals surface area contributed by atoms with E-state index in [9.17, 15) is 4.79 Å². The standard InChI is InChI=1S/C17H27ClN2O3.ClH/c1-11(2)6-7-23-16-14(18)8-13(9-15(16)22-5)17(21)20(4)12(3)10-19;/h8-9,11-12H,6-7,10,19H2,1-5H3;1H. The number of likely N-dealkylation sites (N-methyl/N-ethyl adjacent to an activating group) is 1. The van der Waals surface area contributed by atoms with Crippen molar-refractivity contribution in [3.05, 3.63) is 22.7 Å². The predicted molar refractivity (Wildman–Crippen MR) is 101 cm³/mol. The number of hydrogen-bond acceptors (Lipinski definition) is 4. The van der Waals surface area contributed by atoms with Crippen molar-refractivity contribution in [1.82, 2.24) is 4.90 Å². The molecule has 5 nitrogen and oxygen atoms in total. The first-order valence-corrected chi connectivity index (χ1v) is 8.17. The minimum atomic E-state index is -0.156. The van der Waals surface area contributed by atoms with Crippen LogP contribution in [-0.2, 0) is 0 Å². The van der Waals surface area contributed by atoms with Crippen LogP contribution in [-0.4, -0.2) is 44.2 Å². The van der Waals surface area contributed by atoms with Gasteiger partial charge in [-0.3, -0.25) is 4.79 Å². The van der Waals surface area contributed by atoms with Gasteiger partial charge in [-0.15, -0.1) is 12.4 Å². The molecule has 1 unspecified atom stereocenters. The average Bonchev–Trinajstić information content (AvgIpc) is 2.53. The molecular formula is C17H28Cl2N2O3. The molecule has 0 aliphatic heterocycles. The van der Waals surface area contributed by atoms with Gasteiger partial charge in [0.15, 0.2) is 11.5 Å². The quantitative estimate of drug-likeness (QED) is 0.749. The number of ether oxygens (including phenoxy) is 2. The zero-order valence-corrected chi connectivity index (χ0v) is 16.5. The molecule has 0 radical (unpaired) electrons. The van der Waals surface area contributed by atoms with E-state index in [2.05, 4.69) is 13.8 Å². The summed E-state index contributed by atoms with van der Waals surface area (Å²) in [7, 11) is 3.24. The van der Waals surface area contributed by atoms with Crippen molar-refractivity contribution in [2.24, 2.45) is 11.7 Å². The molecule has 2 N–H and O–H groups in total. The van der Waals surface area contributed by atoms with Gasteiger partial charge in [0, 0.05) is 25.2 Å². The highest BCUT2D eigenvalue weighted by Crippen LogP contribution is 2.37. The van der Waals surface area contributed by atoms with E-state index in [1.807, 2.05) is 6.92 Å². The van der Waals surface area contributed by atoms with E-state index in [-0.39, 0.29) is 24.4 Å². The zero-order chi connectivity index (χ0) is 17.6. The Labute approximate surface area is 155 Å². The predicted octanol–water partition coefficient (Wildman–Crippen LogP) is 3.61. The van der Waals surface area contributed by atoms with Crippen molar-refractivity contribution in [2.75, 3.05) is 27.3 Å². The molecule has 0 heterocycles. The maximum atomic E-state index is 12.5. The van der Waals surface area contributed by atoms with E-state index >= 15 is 0 Å². The fourth-order valence-electron chi connectivity index (χ4n) is 1.94. The molecule has 0 bridgehead atoms. The molecule has 1 aromatic rings. The van der Waals surface area contributed by atoms with Gasteiger partial charge in [0.25, 0.3) is 5.91 Å². The average molecular weight is 379 g/mol. The minimum Gasteiger partial charge on any atom is -0.493 e. The Morgan fingerprint density at radius 1 is 1.33 bits per heavy atom. The number of amides is 1. The highest BCUT2D eigenvalue weighted by molar-refractivity contribution is 6.32. The summed E-state index contributed by atoms with van der Waals surface area (Å²) < 4.78 is 11.1. The van der Waals surface area contributed by atoms with E-state index in [0.29, 0.717) is 41.2 Å². The topological polar surface area (TPSA) is 64.8 Å². The Morgan fingerprint density at radius 2 is 1.96 bits per heavy atom. The molecule has 0 aromatic heterocycles. The van der Waals surface area contributed by atoms with Gasteiger partial charge in [-0.2, -0.15) is 0 Å². The number of halogens is 2. The molecule has 0 fully saturated rings. The first kappa shape index (κ1) is 22.8. The van der Waals surface area contributed by atoms with Gasteiger partial charge in [0.1, 0.15) is 0 Å². The number of carbonyl (C=O) groups is 1. The van der Waals surface area contributed by atoms with Crippen molar-refractivity contribution < 1.29 is 14.3 Å². The third-order valence-electron chi connectivity index (χ3n) is 3.74. The summed E-state index contributed by atoms with van der Waals surface area (Å²) in [5.74, 6) is 1.31. The van der Waals surface area contributed by atoms with Crippen molar-refractivity contribution in [1.29, 1.82) is 0 Å². The zero-order valence-electron chi connectivity index (χ0n) is 15.0. The molecule has 1 rings (SSSR count). The van der Waals surface area contributed by atoms with Crippen molar-refractivity contribution in [3.8, 4) is 11.5 Å². The number of rotatable bonds is 8. The van der Waals surface area contributed by atoms with E-state index < -0.39 is 0 Å². The van der Waals surface area contributed by atoms with Gasteiger partial charge in [-0.05, 0) is 31.4 Å². The molecule has 1 atom stereocenters. The van der Waals surface area contributed by atoms with Crippen LogP contribution in [0.2, 0.25) is 5.02 Å². The maximum Gasteiger partial charge on any atom is 0.254 e. The molecule has 1 amide bonds. The summed E-state index contributed by atoms with van der Waals surface area (Å²) in [6.07, 6.45) is 0.914. The Balaban J connectivity index is 0.00000529. The van der Waals surface area contributed by atoms with Crippen LogP contribution >= 0.6 is 24.0 Å². The van der Waals surface area contributed by atoms with Crippen molar-refractivity contribution >= 4 is 29.9 Å². The van der Waals surface area contributed by atoms with Crippen LogP contribution in [0.3, 0.4) is 0 Å². The first-order chi connectivity index (χ1) is 10.8. The second-order valence-electron chi connectivity index (χ2n) is 6.02. The van der Waals surface area contributed by atoms with Crippen LogP contribution < -0.4 is 15.2 Å². The summed E-state index contributed by atoms with van der Waals surface area (Å²) in [5.41, 5.74) is 6.06. The molecule has 0 saturated heterocycles. The number of benzene rings is 1. The van der Waals surface area contributed by atoms with Gasteiger partial charge in [-0.1, -0.05) is 25.4 Å². The summed E-state index contributed by atoms with van der Waals surface area (Å²) in [4.78, 5) is 14.1. The molecule has 0 aliphatic carbocycles. The van der Waals surface area contributed by atoms with Crippen LogP contribution in [0.5, 0.6) is 11.5 Å². The molecule has 0 spiro atoms. The third kappa shape index (κ3) is 6.04. The Hall–Kier alpha value is -1.17. The van der Waals surface area contributed by atoms with Crippen molar-refractivity contribution in [3.63, 3.8) is 0 Å². The largest absolute Gasteiger partial charge is 0.493 e. The van der Waals surface area contributed by atoms with Crippen LogP contribution in [0, 0.1) is 5.92 Å². The second-order valence-corrected chi connectivity index (χ2v) is 6.43. The van der Waals surface area contributed by atoms with E-state index in [1.54, 1.807) is 24.1 Å². The normalized spacial score (nSPS) is 11.7. The number of methoxy groups -OCH3 is 1. The van der Waals surface area contributed by atoms with Crippen LogP contribution in [0.4, 0.5) is 0 Å². The summed E-state index contributed by atoms with van der Waals surface area (Å²) in [5, 5.41) is 0.366. The minimum absolute atomic E-state index is 0. The fraction of sp³-hybridized carbons (Fsp3) is 0.588. The number of hydrogen-bond donors (Lipinski definition) is 1. The lowest BCUT2D eigenvalue weighted by atomic mass is 10.1. The lowest BCUT2D eigenvalue weighted by Gasteiger charge is -2.24. The second kappa shape index (κ2) is 10.6. The summed E-state index contributed by atoms with van der Waals surface area (Å²) in [6.45, 7) is 7.08. The van der Waals surface area contributed by atoms with Crippen molar-refractivity contribution in [2.45, 2.75) is 33.2 Å². The third-order valence-corrected chi connectivity index (χ3v) is 4.02. The summed E-state index contributed by atoms with van der Waals surface area (Å²) >= 11 is 6.29. The molecule has 1 aromatic carbocycles. The van der Waals surface area contributed by atoms with Crippen LogP contribution in [0.25, 0.3) is 0 Å². The van der Waals surface area contributed by atoms with Gasteiger partial charge in [0.05, 0.1) is 18.7 Å². The van der Waals surface area contributed by atoms with E-state index in [0.717, 1.165) is 6.42 Å². The smallest absolute Gasteiger partial charge is 0.254 e. The molecule has 138 valence electrons. The molecular weight excluding hydrogens is 351 g/mol. The monoisotopic (exact) mass is 378 g/mol. The summed E-state index contributed by atoms with van der Waals surface area (Å²) in [6, 6.07) is 3.20. The molecule has 24 heavy (non-hydrogen) atoms. The molecule has 7 heteroatoms. The maximum absolute atomic E-state index is 12.5. The van der Waals surface area contributed by atoms with E-state index in [4.69, 9.17) is 26.8 Å². The Bertz CT molecular complexity index is 539. The Kier molecular flexibility index (Phi) is 10.1. The first-order valence-electron chi connectivity index (χ1n) is 7.79. The van der Waals surface area contributed by atoms with E-state index in [1.165, 1.54) is 7.11 Å². The SMILES string of the molecule is COc1cc(C(=O)N(C)C(C)CN)cc(Cl)c1OCCC(C)C.Cl. The number of nitrogens with zero attached hydrogens (tertiary/aromatic N) is 1. The highest BCUT2D eigenvalue weighted by atomic mass is 35.5. The van der Waals surface area contributed by atoms with Gasteiger partial charge in [-0.25, -0.2) is 0 Å². The van der Waals surface area contributed by atoms with Crippen LogP contribution in [0.15, 0.2) is 12.1 Å².